The van der Waals surface area contributed by atoms with E-state index in [1.165, 1.54) is 5.56 Å². The summed E-state index contributed by atoms with van der Waals surface area (Å²) in [6.07, 6.45) is 5.69. The van der Waals surface area contributed by atoms with Gasteiger partial charge in [-0.3, -0.25) is 0 Å². The minimum absolute atomic E-state index is 0.0249. The van der Waals surface area contributed by atoms with Crippen LogP contribution in [0.5, 0.6) is 0 Å². The van der Waals surface area contributed by atoms with Crippen LogP contribution in [0.2, 0.25) is 0 Å². The van der Waals surface area contributed by atoms with E-state index in [9.17, 15) is 4.79 Å². The van der Waals surface area contributed by atoms with E-state index in [-0.39, 0.29) is 6.54 Å². The van der Waals surface area contributed by atoms with Gasteiger partial charge in [-0.1, -0.05) is 37.3 Å². The predicted octanol–water partition coefficient (Wildman–Crippen LogP) is 1.86. The molecule has 0 bridgehead atoms. The SMILES string of the molecule is CCCc1n(CC(=O)O)cc[n+]1Cc1ccccc1. The Kier molecular flexibility index (Phi) is 4.34. The van der Waals surface area contributed by atoms with E-state index in [0.29, 0.717) is 0 Å². The molecule has 1 N–H and O–H groups in total. The lowest BCUT2D eigenvalue weighted by molar-refractivity contribution is -0.695. The fourth-order valence-electron chi connectivity index (χ4n) is 2.22. The number of rotatable bonds is 6. The maximum absolute atomic E-state index is 10.9. The lowest BCUT2D eigenvalue weighted by Gasteiger charge is -2.03. The molecule has 0 amide bonds. The molecule has 1 aromatic heterocycles. The fourth-order valence-corrected chi connectivity index (χ4v) is 2.22. The summed E-state index contributed by atoms with van der Waals surface area (Å²) in [4.78, 5) is 10.9. The molecule has 1 aromatic carbocycles. The van der Waals surface area contributed by atoms with Crippen LogP contribution in [0, 0.1) is 0 Å². The van der Waals surface area contributed by atoms with Crippen LogP contribution >= 0.6 is 0 Å². The number of carboxylic acid groups (broad SMARTS) is 1. The maximum atomic E-state index is 10.9. The molecule has 0 aliphatic rings. The zero-order valence-corrected chi connectivity index (χ0v) is 11.1. The number of nitrogens with zero attached hydrogens (tertiary/aromatic N) is 2. The number of aromatic nitrogens is 2. The minimum atomic E-state index is -0.806. The van der Waals surface area contributed by atoms with Gasteiger partial charge in [0.15, 0.2) is 6.54 Å². The van der Waals surface area contributed by atoms with Gasteiger partial charge in [-0.2, -0.15) is 0 Å². The van der Waals surface area contributed by atoms with Gasteiger partial charge in [-0.25, -0.2) is 13.9 Å². The highest BCUT2D eigenvalue weighted by Gasteiger charge is 2.18. The molecule has 19 heavy (non-hydrogen) atoms. The molecular formula is C15H19N2O2+. The van der Waals surface area contributed by atoms with Gasteiger partial charge in [-0.15, -0.1) is 0 Å². The summed E-state index contributed by atoms with van der Waals surface area (Å²) in [7, 11) is 0. The van der Waals surface area contributed by atoms with Crippen molar-refractivity contribution in [1.29, 1.82) is 0 Å². The molecule has 0 aliphatic carbocycles. The molecule has 4 heteroatoms. The third-order valence-corrected chi connectivity index (χ3v) is 3.06. The van der Waals surface area contributed by atoms with Crippen LogP contribution in [-0.2, 0) is 24.3 Å². The molecule has 100 valence electrons. The van der Waals surface area contributed by atoms with Crippen molar-refractivity contribution in [2.45, 2.75) is 32.9 Å². The quantitative estimate of drug-likeness (QED) is 0.805. The maximum Gasteiger partial charge on any atom is 0.346 e. The molecule has 0 spiro atoms. The van der Waals surface area contributed by atoms with Gasteiger partial charge in [0.2, 0.25) is 0 Å². The van der Waals surface area contributed by atoms with Crippen LogP contribution in [0.3, 0.4) is 0 Å². The van der Waals surface area contributed by atoms with Crippen molar-refractivity contribution >= 4 is 5.97 Å². The second-order valence-corrected chi connectivity index (χ2v) is 4.60. The standard InChI is InChI=1S/C15H18N2O2/c1-2-6-14-16(9-10-17(14)12-15(18)19)11-13-7-4-3-5-8-13/h3-5,7-10H,2,6,11-12H2,1H3/p+1. The van der Waals surface area contributed by atoms with Crippen LogP contribution in [0.4, 0.5) is 0 Å². The Balaban J connectivity index is 2.24. The first kappa shape index (κ1) is 13.3. The van der Waals surface area contributed by atoms with Crippen molar-refractivity contribution in [3.05, 3.63) is 54.1 Å². The third-order valence-electron chi connectivity index (χ3n) is 3.06. The Morgan fingerprint density at radius 3 is 2.68 bits per heavy atom. The van der Waals surface area contributed by atoms with E-state index in [1.807, 2.05) is 35.2 Å². The molecule has 0 radical (unpaired) electrons. The van der Waals surface area contributed by atoms with Crippen molar-refractivity contribution in [3.8, 4) is 0 Å². The first-order valence-corrected chi connectivity index (χ1v) is 6.54. The number of imidazole rings is 1. The molecule has 2 rings (SSSR count). The average molecular weight is 259 g/mol. The monoisotopic (exact) mass is 259 g/mol. The summed E-state index contributed by atoms with van der Waals surface area (Å²) in [5.41, 5.74) is 1.22. The molecule has 4 nitrogen and oxygen atoms in total. The number of carbonyl (C=O) groups is 1. The van der Waals surface area contributed by atoms with Crippen molar-refractivity contribution in [2.75, 3.05) is 0 Å². The van der Waals surface area contributed by atoms with E-state index < -0.39 is 5.97 Å². The third kappa shape index (κ3) is 3.44. The molecule has 0 fully saturated rings. The van der Waals surface area contributed by atoms with Crippen LogP contribution in [0.15, 0.2) is 42.7 Å². The molecular weight excluding hydrogens is 240 g/mol. The molecule has 0 aliphatic heterocycles. The second-order valence-electron chi connectivity index (χ2n) is 4.60. The Labute approximate surface area is 112 Å². The van der Waals surface area contributed by atoms with Crippen molar-refractivity contribution < 1.29 is 14.5 Å². The lowest BCUT2D eigenvalue weighted by Crippen LogP contribution is -2.38. The van der Waals surface area contributed by atoms with Crippen LogP contribution in [0.1, 0.15) is 24.7 Å². The van der Waals surface area contributed by atoms with E-state index in [0.717, 1.165) is 25.2 Å². The van der Waals surface area contributed by atoms with Gasteiger partial charge in [0, 0.05) is 6.42 Å². The predicted molar refractivity (Wildman–Crippen MR) is 71.8 cm³/mol. The van der Waals surface area contributed by atoms with Crippen molar-refractivity contribution in [2.24, 2.45) is 0 Å². The molecule has 0 unspecified atom stereocenters. The average Bonchev–Trinajstić information content (AvgIpc) is 2.74. The zero-order chi connectivity index (χ0) is 13.7. The normalized spacial score (nSPS) is 10.6. The topological polar surface area (TPSA) is 46.1 Å². The second kappa shape index (κ2) is 6.18. The Hall–Kier alpha value is -2.10. The number of hydrogen-bond donors (Lipinski definition) is 1. The van der Waals surface area contributed by atoms with Gasteiger partial charge in [0.25, 0.3) is 5.82 Å². The Morgan fingerprint density at radius 2 is 2.05 bits per heavy atom. The Bertz CT molecular complexity index is 547. The first-order valence-electron chi connectivity index (χ1n) is 6.54. The highest BCUT2D eigenvalue weighted by molar-refractivity contribution is 5.66. The molecule has 1 heterocycles. The van der Waals surface area contributed by atoms with Crippen LogP contribution in [0.25, 0.3) is 0 Å². The van der Waals surface area contributed by atoms with E-state index in [2.05, 4.69) is 23.6 Å². The largest absolute Gasteiger partial charge is 0.478 e. The summed E-state index contributed by atoms with van der Waals surface area (Å²) in [6, 6.07) is 10.2. The van der Waals surface area contributed by atoms with E-state index >= 15 is 0 Å². The molecule has 2 aromatic rings. The lowest BCUT2D eigenvalue weighted by atomic mass is 10.2. The summed E-state index contributed by atoms with van der Waals surface area (Å²) in [6.45, 7) is 2.91. The van der Waals surface area contributed by atoms with E-state index in [4.69, 9.17) is 5.11 Å². The number of aliphatic carboxylic acids is 1. The Morgan fingerprint density at radius 1 is 1.32 bits per heavy atom. The van der Waals surface area contributed by atoms with Gasteiger partial charge in [-0.05, 0) is 12.0 Å². The van der Waals surface area contributed by atoms with Gasteiger partial charge >= 0.3 is 5.97 Å². The number of hydrogen-bond acceptors (Lipinski definition) is 1. The minimum Gasteiger partial charge on any atom is -0.478 e. The number of benzene rings is 1. The van der Waals surface area contributed by atoms with Gasteiger partial charge in [0.1, 0.15) is 18.9 Å². The van der Waals surface area contributed by atoms with Crippen molar-refractivity contribution in [1.82, 2.24) is 4.57 Å². The number of carboxylic acids is 1. The highest BCUT2D eigenvalue weighted by Crippen LogP contribution is 2.03. The summed E-state index contributed by atoms with van der Waals surface area (Å²) in [5.74, 6) is 0.258. The summed E-state index contributed by atoms with van der Waals surface area (Å²) in [5, 5.41) is 8.93. The zero-order valence-electron chi connectivity index (χ0n) is 11.1. The highest BCUT2D eigenvalue weighted by atomic mass is 16.4. The molecule has 0 atom stereocenters. The van der Waals surface area contributed by atoms with Crippen molar-refractivity contribution in [3.63, 3.8) is 0 Å². The first-order chi connectivity index (χ1) is 9.20. The molecule has 0 saturated heterocycles. The van der Waals surface area contributed by atoms with Crippen LogP contribution in [-0.4, -0.2) is 15.6 Å². The van der Waals surface area contributed by atoms with Gasteiger partial charge in [0.05, 0.1) is 0 Å². The fraction of sp³-hybridized carbons (Fsp3) is 0.333. The van der Waals surface area contributed by atoms with E-state index in [1.54, 1.807) is 0 Å². The summed E-state index contributed by atoms with van der Waals surface area (Å²) >= 11 is 0. The molecule has 0 saturated carbocycles. The van der Waals surface area contributed by atoms with Crippen LogP contribution < -0.4 is 4.57 Å². The van der Waals surface area contributed by atoms with Gasteiger partial charge < -0.3 is 5.11 Å². The summed E-state index contributed by atoms with van der Waals surface area (Å²) < 4.78 is 3.94. The smallest absolute Gasteiger partial charge is 0.346 e.